The lowest BCUT2D eigenvalue weighted by Crippen LogP contribution is -2.52. The number of aliphatic hydroxyl groups excluding tert-OH is 1. The lowest BCUT2D eigenvalue weighted by Gasteiger charge is -2.31. The summed E-state index contributed by atoms with van der Waals surface area (Å²) in [5.41, 5.74) is -0.372. The molecule has 1 fully saturated rings. The fourth-order valence-electron chi connectivity index (χ4n) is 3.28. The van der Waals surface area contributed by atoms with E-state index >= 15 is 0 Å². The second-order valence-electron chi connectivity index (χ2n) is 7.84. The Bertz CT molecular complexity index is 622. The van der Waals surface area contributed by atoms with Gasteiger partial charge in [0.15, 0.2) is 23.0 Å². The predicted octanol–water partition coefficient (Wildman–Crippen LogP) is 2.79. The maximum atomic E-state index is 12.9. The van der Waals surface area contributed by atoms with Crippen molar-refractivity contribution < 1.29 is 24.6 Å². The van der Waals surface area contributed by atoms with Crippen LogP contribution in [-0.4, -0.2) is 39.3 Å². The summed E-state index contributed by atoms with van der Waals surface area (Å²) in [4.78, 5) is 38.4. The van der Waals surface area contributed by atoms with Crippen molar-refractivity contribution in [3.05, 3.63) is 23.3 Å². The summed E-state index contributed by atoms with van der Waals surface area (Å²) in [6.45, 7) is 10.9. The van der Waals surface area contributed by atoms with Gasteiger partial charge in [0.25, 0.3) is 0 Å². The Balaban J connectivity index is 3.35. The van der Waals surface area contributed by atoms with Crippen molar-refractivity contribution in [1.82, 2.24) is 0 Å². The molecule has 0 amide bonds. The SMILES string of the molecule is CCC(C)C(=O)C1C(=O)[C@@H](CC=C(C)C)[C@@](O)([C@H](O)CC=C(C)C)C1=O. The first-order chi connectivity index (χ1) is 12.0. The molecule has 0 saturated heterocycles. The number of ketones is 3. The van der Waals surface area contributed by atoms with Crippen LogP contribution in [0.15, 0.2) is 23.3 Å². The minimum atomic E-state index is -2.23. The molecule has 1 aliphatic rings. The number of allylic oxidation sites excluding steroid dienone is 3. The number of Topliss-reactive ketones (excluding diaryl/α,β-unsaturated/α-hetero) is 3. The monoisotopic (exact) mass is 364 g/mol. The van der Waals surface area contributed by atoms with Crippen LogP contribution in [0.3, 0.4) is 0 Å². The highest BCUT2D eigenvalue weighted by Crippen LogP contribution is 2.41. The number of hydrogen-bond acceptors (Lipinski definition) is 5. The van der Waals surface area contributed by atoms with Crippen LogP contribution in [-0.2, 0) is 14.4 Å². The normalized spacial score (nSPS) is 27.8. The zero-order chi connectivity index (χ0) is 20.2. The average molecular weight is 364 g/mol. The molecule has 1 aliphatic carbocycles. The Morgan fingerprint density at radius 1 is 1.15 bits per heavy atom. The van der Waals surface area contributed by atoms with Gasteiger partial charge in [-0.25, -0.2) is 0 Å². The maximum Gasteiger partial charge on any atom is 0.185 e. The van der Waals surface area contributed by atoms with Gasteiger partial charge in [-0.3, -0.25) is 14.4 Å². The number of rotatable bonds is 8. The summed E-state index contributed by atoms with van der Waals surface area (Å²) < 4.78 is 0. The molecule has 0 aromatic carbocycles. The van der Waals surface area contributed by atoms with Gasteiger partial charge in [0, 0.05) is 5.92 Å². The Hall–Kier alpha value is -1.59. The van der Waals surface area contributed by atoms with Gasteiger partial charge in [0.1, 0.15) is 5.92 Å². The highest BCUT2D eigenvalue weighted by Gasteiger charge is 2.64. The molecular formula is C21H32O5. The van der Waals surface area contributed by atoms with Crippen LogP contribution in [0.2, 0.25) is 0 Å². The van der Waals surface area contributed by atoms with E-state index in [1.54, 1.807) is 19.1 Å². The molecule has 2 unspecified atom stereocenters. The van der Waals surface area contributed by atoms with Gasteiger partial charge in [-0.05, 0) is 47.0 Å². The largest absolute Gasteiger partial charge is 0.389 e. The van der Waals surface area contributed by atoms with Crippen LogP contribution in [0.1, 0.15) is 60.8 Å². The molecule has 1 rings (SSSR count). The van der Waals surface area contributed by atoms with Crippen LogP contribution in [0, 0.1) is 17.8 Å². The molecule has 0 heterocycles. The van der Waals surface area contributed by atoms with Crippen molar-refractivity contribution in [2.75, 3.05) is 0 Å². The van der Waals surface area contributed by atoms with Gasteiger partial charge in [-0.2, -0.15) is 0 Å². The molecule has 2 N–H and O–H groups in total. The topological polar surface area (TPSA) is 91.7 Å². The van der Waals surface area contributed by atoms with E-state index in [1.807, 2.05) is 34.6 Å². The molecular weight excluding hydrogens is 332 g/mol. The first kappa shape index (κ1) is 22.5. The summed E-state index contributed by atoms with van der Waals surface area (Å²) in [7, 11) is 0. The van der Waals surface area contributed by atoms with Crippen LogP contribution < -0.4 is 0 Å². The molecule has 0 bridgehead atoms. The van der Waals surface area contributed by atoms with Crippen molar-refractivity contribution in [2.24, 2.45) is 17.8 Å². The van der Waals surface area contributed by atoms with E-state index in [4.69, 9.17) is 0 Å². The fourth-order valence-corrected chi connectivity index (χ4v) is 3.28. The molecule has 146 valence electrons. The van der Waals surface area contributed by atoms with E-state index in [0.29, 0.717) is 6.42 Å². The minimum absolute atomic E-state index is 0.0490. The second-order valence-corrected chi connectivity index (χ2v) is 7.84. The molecule has 5 heteroatoms. The molecule has 1 saturated carbocycles. The molecule has 0 aromatic rings. The Labute approximate surface area is 156 Å². The van der Waals surface area contributed by atoms with E-state index in [0.717, 1.165) is 11.1 Å². The summed E-state index contributed by atoms with van der Waals surface area (Å²) in [5, 5.41) is 21.7. The van der Waals surface area contributed by atoms with Gasteiger partial charge in [0.05, 0.1) is 12.0 Å². The van der Waals surface area contributed by atoms with E-state index in [-0.39, 0.29) is 12.8 Å². The number of aliphatic hydroxyl groups is 2. The van der Waals surface area contributed by atoms with Crippen LogP contribution >= 0.6 is 0 Å². The highest BCUT2D eigenvalue weighted by molar-refractivity contribution is 6.28. The first-order valence-electron chi connectivity index (χ1n) is 9.27. The quantitative estimate of drug-likeness (QED) is 0.510. The lowest BCUT2D eigenvalue weighted by atomic mass is 9.80. The minimum Gasteiger partial charge on any atom is -0.389 e. The van der Waals surface area contributed by atoms with Crippen LogP contribution in [0.5, 0.6) is 0 Å². The van der Waals surface area contributed by atoms with Crippen LogP contribution in [0.25, 0.3) is 0 Å². The standard InChI is InChI=1S/C21H32O5/c1-7-14(6)18(23)17-19(24)15(10-8-12(2)3)21(26,20(17)25)16(22)11-9-13(4)5/h8-9,14-17,22,26H,7,10-11H2,1-6H3/t14?,15-,16-,17?,21-/m1/s1. The average Bonchev–Trinajstić information content (AvgIpc) is 2.76. The molecule has 5 atom stereocenters. The summed E-state index contributed by atoms with van der Waals surface area (Å²) in [5.74, 6) is -4.93. The zero-order valence-electron chi connectivity index (χ0n) is 16.7. The van der Waals surface area contributed by atoms with Gasteiger partial charge in [-0.15, -0.1) is 0 Å². The summed E-state index contributed by atoms with van der Waals surface area (Å²) in [6, 6.07) is 0. The van der Waals surface area contributed by atoms with E-state index in [2.05, 4.69) is 0 Å². The number of carbonyl (C=O) groups excluding carboxylic acids is 3. The number of carbonyl (C=O) groups is 3. The molecule has 0 spiro atoms. The van der Waals surface area contributed by atoms with Gasteiger partial charge in [-0.1, -0.05) is 37.1 Å². The lowest BCUT2D eigenvalue weighted by molar-refractivity contribution is -0.156. The summed E-state index contributed by atoms with van der Waals surface area (Å²) in [6.07, 6.45) is 2.71. The summed E-state index contributed by atoms with van der Waals surface area (Å²) >= 11 is 0. The molecule has 0 aromatic heterocycles. The molecule has 0 aliphatic heterocycles. The molecule has 26 heavy (non-hydrogen) atoms. The Kier molecular flexibility index (Phi) is 7.66. The third kappa shape index (κ3) is 4.38. The van der Waals surface area contributed by atoms with E-state index < -0.39 is 46.8 Å². The second kappa shape index (κ2) is 8.87. The van der Waals surface area contributed by atoms with Crippen molar-refractivity contribution >= 4 is 17.3 Å². The molecule has 5 nitrogen and oxygen atoms in total. The Morgan fingerprint density at radius 2 is 1.69 bits per heavy atom. The number of hydrogen-bond donors (Lipinski definition) is 2. The third-order valence-electron chi connectivity index (χ3n) is 5.22. The third-order valence-corrected chi connectivity index (χ3v) is 5.22. The van der Waals surface area contributed by atoms with Crippen molar-refractivity contribution in [2.45, 2.75) is 72.5 Å². The van der Waals surface area contributed by atoms with E-state index in [9.17, 15) is 24.6 Å². The van der Waals surface area contributed by atoms with Crippen molar-refractivity contribution in [1.29, 1.82) is 0 Å². The fraction of sp³-hybridized carbons (Fsp3) is 0.667. The van der Waals surface area contributed by atoms with Gasteiger partial charge in [0.2, 0.25) is 0 Å². The Morgan fingerprint density at radius 3 is 2.15 bits per heavy atom. The maximum absolute atomic E-state index is 12.9. The van der Waals surface area contributed by atoms with Crippen molar-refractivity contribution in [3.8, 4) is 0 Å². The van der Waals surface area contributed by atoms with E-state index in [1.165, 1.54) is 0 Å². The first-order valence-corrected chi connectivity index (χ1v) is 9.27. The highest BCUT2D eigenvalue weighted by atomic mass is 16.4. The smallest absolute Gasteiger partial charge is 0.185 e. The van der Waals surface area contributed by atoms with Crippen LogP contribution in [0.4, 0.5) is 0 Å². The van der Waals surface area contributed by atoms with Gasteiger partial charge < -0.3 is 10.2 Å². The van der Waals surface area contributed by atoms with Crippen molar-refractivity contribution in [3.63, 3.8) is 0 Å². The predicted molar refractivity (Wildman–Crippen MR) is 101 cm³/mol. The molecule has 0 radical (unpaired) electrons. The zero-order valence-corrected chi connectivity index (χ0v) is 16.7. The van der Waals surface area contributed by atoms with Gasteiger partial charge >= 0.3 is 0 Å².